The molecule has 0 spiro atoms. The fraction of sp³-hybridized carbons (Fsp3) is 1.00. The van der Waals surface area contributed by atoms with Gasteiger partial charge in [0, 0.05) is 0 Å². The second kappa shape index (κ2) is 1.60. The minimum atomic E-state index is -7.31. The molecule has 0 radical (unpaired) electrons. The second-order valence-corrected chi connectivity index (χ2v) is 5.68. The molecular formula is C4H9F4P. The molecule has 0 rings (SSSR count). The SMILES string of the molecule is CC(C)(C)P(F)(F)(F)F. The summed E-state index contributed by atoms with van der Waals surface area (Å²) in [5, 5.41) is -2.16. The molecule has 0 aliphatic heterocycles. The third-order valence-corrected chi connectivity index (χ3v) is 3.04. The van der Waals surface area contributed by atoms with E-state index in [4.69, 9.17) is 0 Å². The third kappa shape index (κ3) is 2.09. The molecule has 0 aromatic rings. The van der Waals surface area contributed by atoms with Crippen LogP contribution in [0.5, 0.6) is 0 Å². The Balaban J connectivity index is 4.56. The van der Waals surface area contributed by atoms with Crippen LogP contribution in [0.2, 0.25) is 0 Å². The van der Waals surface area contributed by atoms with Crippen LogP contribution in [0.15, 0.2) is 0 Å². The first kappa shape index (κ1) is 9.15. The molecule has 0 N–H and O–H groups in total. The van der Waals surface area contributed by atoms with E-state index >= 15 is 0 Å². The van der Waals surface area contributed by atoms with Crippen LogP contribution in [0.1, 0.15) is 20.8 Å². The van der Waals surface area contributed by atoms with Gasteiger partial charge in [0.2, 0.25) is 0 Å². The number of halogens is 4. The average Bonchev–Trinajstić information content (AvgIpc) is 1.20. The molecule has 9 heavy (non-hydrogen) atoms. The minimum absolute atomic E-state index is 0.838. The average molecular weight is 164 g/mol. The van der Waals surface area contributed by atoms with Gasteiger partial charge in [-0.15, -0.1) is 0 Å². The molecule has 0 atom stereocenters. The summed E-state index contributed by atoms with van der Waals surface area (Å²) in [7, 11) is -7.31. The molecule has 0 nitrogen and oxygen atoms in total. The van der Waals surface area contributed by atoms with E-state index in [-0.39, 0.29) is 0 Å². The van der Waals surface area contributed by atoms with Gasteiger partial charge in [0.05, 0.1) is 0 Å². The van der Waals surface area contributed by atoms with Gasteiger partial charge in [-0.25, -0.2) is 0 Å². The van der Waals surface area contributed by atoms with Gasteiger partial charge >= 0.3 is 50.6 Å². The molecule has 0 heterocycles. The van der Waals surface area contributed by atoms with E-state index in [0.717, 1.165) is 20.8 Å². The van der Waals surface area contributed by atoms with Crippen LogP contribution in [0.3, 0.4) is 0 Å². The summed E-state index contributed by atoms with van der Waals surface area (Å²) in [6.07, 6.45) is 0. The second-order valence-electron chi connectivity index (χ2n) is 2.89. The van der Waals surface area contributed by atoms with Crippen LogP contribution < -0.4 is 0 Å². The number of rotatable bonds is 0. The maximum absolute atomic E-state index is 11.7. The molecule has 0 aliphatic carbocycles. The fourth-order valence-corrected chi connectivity index (χ4v) is 0. The van der Waals surface area contributed by atoms with Gasteiger partial charge < -0.3 is 0 Å². The Bertz CT molecular complexity index is 108. The van der Waals surface area contributed by atoms with Crippen molar-refractivity contribution in [2.45, 2.75) is 25.9 Å². The van der Waals surface area contributed by atoms with E-state index < -0.39 is 13.0 Å². The van der Waals surface area contributed by atoms with E-state index in [0.29, 0.717) is 0 Å². The molecule has 0 fully saturated rings. The molecule has 0 saturated heterocycles. The first-order valence-corrected chi connectivity index (χ1v) is 4.20. The molecular weight excluding hydrogens is 155 g/mol. The normalized spacial score (nSPS) is 18.8. The van der Waals surface area contributed by atoms with Crippen LogP contribution in [-0.2, 0) is 0 Å². The Morgan fingerprint density at radius 1 is 0.889 bits per heavy atom. The third-order valence-electron chi connectivity index (χ3n) is 1.01. The molecule has 5 heteroatoms. The van der Waals surface area contributed by atoms with E-state index in [2.05, 4.69) is 0 Å². The van der Waals surface area contributed by atoms with E-state index in [9.17, 15) is 16.8 Å². The van der Waals surface area contributed by atoms with Crippen LogP contribution in [0.4, 0.5) is 16.8 Å². The maximum atomic E-state index is 11.7. The molecule has 0 saturated carbocycles. The van der Waals surface area contributed by atoms with Gasteiger partial charge in [0.15, 0.2) is 0 Å². The monoisotopic (exact) mass is 164 g/mol. The molecule has 0 amide bonds. The Morgan fingerprint density at radius 3 is 1.00 bits per heavy atom. The van der Waals surface area contributed by atoms with E-state index in [1.165, 1.54) is 0 Å². The number of hydrogen-bond acceptors (Lipinski definition) is 0. The zero-order valence-corrected chi connectivity index (χ0v) is 6.35. The van der Waals surface area contributed by atoms with Crippen molar-refractivity contribution < 1.29 is 16.8 Å². The zero-order chi connectivity index (χ0) is 7.95. The summed E-state index contributed by atoms with van der Waals surface area (Å²) in [4.78, 5) is 0. The topological polar surface area (TPSA) is 0 Å². The first-order valence-electron chi connectivity index (χ1n) is 2.40. The van der Waals surface area contributed by atoms with Crippen molar-refractivity contribution in [3.05, 3.63) is 0 Å². The molecule has 0 aliphatic rings. The van der Waals surface area contributed by atoms with Gasteiger partial charge in [0.1, 0.15) is 0 Å². The fourth-order valence-electron chi connectivity index (χ4n) is 0. The molecule has 0 bridgehead atoms. The van der Waals surface area contributed by atoms with Crippen molar-refractivity contribution in [2.75, 3.05) is 0 Å². The summed E-state index contributed by atoms with van der Waals surface area (Å²) in [6.45, 7) is 2.51. The van der Waals surface area contributed by atoms with Gasteiger partial charge in [-0.05, 0) is 0 Å². The number of hydrogen-bond donors (Lipinski definition) is 0. The predicted molar refractivity (Wildman–Crippen MR) is 31.1 cm³/mol. The van der Waals surface area contributed by atoms with Crippen molar-refractivity contribution in [3.63, 3.8) is 0 Å². The van der Waals surface area contributed by atoms with Crippen LogP contribution >= 0.6 is 7.85 Å². The van der Waals surface area contributed by atoms with Gasteiger partial charge in [-0.1, -0.05) is 0 Å². The summed E-state index contributed by atoms with van der Waals surface area (Å²) >= 11 is 0. The van der Waals surface area contributed by atoms with Crippen molar-refractivity contribution in [1.82, 2.24) is 0 Å². The Morgan fingerprint density at radius 2 is 1.00 bits per heavy atom. The molecule has 0 aromatic carbocycles. The summed E-state index contributed by atoms with van der Waals surface area (Å²) in [5.74, 6) is 0. The summed E-state index contributed by atoms with van der Waals surface area (Å²) in [6, 6.07) is 0. The Kier molecular flexibility index (Phi) is 1.62. The Labute approximate surface area is 51.7 Å². The van der Waals surface area contributed by atoms with Gasteiger partial charge in [0.25, 0.3) is 0 Å². The van der Waals surface area contributed by atoms with Crippen molar-refractivity contribution >= 4 is 7.85 Å². The standard InChI is InChI=1S/C4H9F4P/c1-4(2,3)9(5,6,7)8/h1-3H3. The van der Waals surface area contributed by atoms with Gasteiger partial charge in [-0.2, -0.15) is 0 Å². The summed E-state index contributed by atoms with van der Waals surface area (Å²) in [5.41, 5.74) is 0. The molecule has 0 unspecified atom stereocenters. The molecule has 0 aromatic heterocycles. The Hall–Kier alpha value is 0.150. The van der Waals surface area contributed by atoms with E-state index in [1.807, 2.05) is 0 Å². The first-order chi connectivity index (χ1) is 3.51. The van der Waals surface area contributed by atoms with E-state index in [1.54, 1.807) is 0 Å². The van der Waals surface area contributed by atoms with Gasteiger partial charge in [-0.3, -0.25) is 0 Å². The van der Waals surface area contributed by atoms with Crippen LogP contribution in [-0.4, -0.2) is 5.16 Å². The van der Waals surface area contributed by atoms with Crippen LogP contribution in [0, 0.1) is 0 Å². The molecule has 58 valence electrons. The van der Waals surface area contributed by atoms with Crippen molar-refractivity contribution in [2.24, 2.45) is 0 Å². The van der Waals surface area contributed by atoms with Crippen molar-refractivity contribution in [3.8, 4) is 0 Å². The van der Waals surface area contributed by atoms with Crippen LogP contribution in [0.25, 0.3) is 0 Å². The quantitative estimate of drug-likeness (QED) is 0.376. The predicted octanol–water partition coefficient (Wildman–Crippen LogP) is 3.88. The van der Waals surface area contributed by atoms with Crippen molar-refractivity contribution in [1.29, 1.82) is 0 Å². The zero-order valence-electron chi connectivity index (χ0n) is 5.46. The summed E-state index contributed by atoms with van der Waals surface area (Å²) < 4.78 is 46.9.